The maximum Gasteiger partial charge on any atom is 0.490 e. The summed E-state index contributed by atoms with van der Waals surface area (Å²) < 4.78 is 37.7. The zero-order valence-electron chi connectivity index (χ0n) is 16.8. The largest absolute Gasteiger partial charge is 0.490 e. The summed E-state index contributed by atoms with van der Waals surface area (Å²) in [6.45, 7) is 2.18. The zero-order valence-corrected chi connectivity index (χ0v) is 16.8. The molecule has 2 aromatic rings. The molecular formula is C19H21F3N6O4. The Kier molecular flexibility index (Phi) is 7.51. The highest BCUT2D eigenvalue weighted by Crippen LogP contribution is 2.30. The predicted molar refractivity (Wildman–Crippen MR) is 104 cm³/mol. The number of carbonyl (C=O) groups is 2. The Morgan fingerprint density at radius 3 is 2.47 bits per heavy atom. The van der Waals surface area contributed by atoms with Gasteiger partial charge in [0.1, 0.15) is 5.69 Å². The first-order valence-corrected chi connectivity index (χ1v) is 9.76. The van der Waals surface area contributed by atoms with E-state index in [4.69, 9.17) is 14.6 Å². The van der Waals surface area contributed by atoms with Crippen LogP contribution in [0.2, 0.25) is 0 Å². The molecule has 2 N–H and O–H groups in total. The van der Waals surface area contributed by atoms with Gasteiger partial charge in [-0.1, -0.05) is 0 Å². The van der Waals surface area contributed by atoms with Crippen LogP contribution in [0.4, 0.5) is 19.1 Å². The highest BCUT2D eigenvalue weighted by molar-refractivity contribution is 5.92. The third-order valence-corrected chi connectivity index (χ3v) is 4.95. The SMILES string of the molecule is O=C(N[C@@H]1CN(c2ncccn2)C[C@@H]2CCCO[C@@H]21)c1cnccn1.O=C(O)C(F)(F)F. The molecule has 0 bridgehead atoms. The summed E-state index contributed by atoms with van der Waals surface area (Å²) in [5.74, 6) is -1.96. The van der Waals surface area contributed by atoms with Crippen molar-refractivity contribution in [3.8, 4) is 0 Å². The lowest BCUT2D eigenvalue weighted by Gasteiger charge is -2.45. The number of alkyl halides is 3. The van der Waals surface area contributed by atoms with Crippen LogP contribution in [0.15, 0.2) is 37.1 Å². The van der Waals surface area contributed by atoms with E-state index in [2.05, 4.69) is 30.2 Å². The Morgan fingerprint density at radius 1 is 1.12 bits per heavy atom. The van der Waals surface area contributed by atoms with Gasteiger partial charge < -0.3 is 20.1 Å². The first-order chi connectivity index (χ1) is 15.3. The molecule has 4 rings (SSSR count). The highest BCUT2D eigenvalue weighted by atomic mass is 19.4. The van der Waals surface area contributed by atoms with Gasteiger partial charge in [0.2, 0.25) is 5.95 Å². The van der Waals surface area contributed by atoms with Crippen LogP contribution in [0.3, 0.4) is 0 Å². The molecule has 0 unspecified atom stereocenters. The highest BCUT2D eigenvalue weighted by Gasteiger charge is 2.41. The van der Waals surface area contributed by atoms with Crippen molar-refractivity contribution in [3.05, 3.63) is 42.7 Å². The van der Waals surface area contributed by atoms with Crippen LogP contribution in [-0.4, -0.2) is 74.9 Å². The van der Waals surface area contributed by atoms with E-state index in [-0.39, 0.29) is 18.1 Å². The number of fused-ring (bicyclic) bond motifs is 1. The van der Waals surface area contributed by atoms with Crippen molar-refractivity contribution in [1.82, 2.24) is 25.3 Å². The molecule has 0 radical (unpaired) electrons. The number of carbonyl (C=O) groups excluding carboxylic acids is 1. The number of ether oxygens (including phenoxy) is 1. The number of hydrogen-bond acceptors (Lipinski definition) is 8. The van der Waals surface area contributed by atoms with E-state index in [9.17, 15) is 18.0 Å². The topological polar surface area (TPSA) is 130 Å². The Hall–Kier alpha value is -3.35. The lowest BCUT2D eigenvalue weighted by molar-refractivity contribution is -0.192. The predicted octanol–water partition coefficient (Wildman–Crippen LogP) is 1.31. The minimum absolute atomic E-state index is 0.00864. The lowest BCUT2D eigenvalue weighted by atomic mass is 9.85. The number of aliphatic carboxylic acids is 1. The molecule has 3 atom stereocenters. The summed E-state index contributed by atoms with van der Waals surface area (Å²) in [4.78, 5) is 40.3. The van der Waals surface area contributed by atoms with E-state index in [1.807, 2.05) is 0 Å². The van der Waals surface area contributed by atoms with Gasteiger partial charge in [-0.3, -0.25) is 9.78 Å². The number of hydrogen-bond donors (Lipinski definition) is 2. The van der Waals surface area contributed by atoms with Gasteiger partial charge in [-0.2, -0.15) is 13.2 Å². The fourth-order valence-electron chi connectivity index (χ4n) is 3.61. The second kappa shape index (κ2) is 10.3. The molecule has 13 heteroatoms. The average molecular weight is 454 g/mol. The molecule has 0 aromatic carbocycles. The maximum atomic E-state index is 12.5. The van der Waals surface area contributed by atoms with E-state index in [0.29, 0.717) is 24.1 Å². The second-order valence-electron chi connectivity index (χ2n) is 7.17. The minimum Gasteiger partial charge on any atom is -0.475 e. The Balaban J connectivity index is 0.000000360. The average Bonchev–Trinajstić information content (AvgIpc) is 2.80. The monoisotopic (exact) mass is 454 g/mol. The smallest absolute Gasteiger partial charge is 0.475 e. The first-order valence-electron chi connectivity index (χ1n) is 9.76. The molecule has 0 spiro atoms. The molecule has 2 aromatic heterocycles. The Bertz CT molecular complexity index is 903. The van der Waals surface area contributed by atoms with Crippen LogP contribution >= 0.6 is 0 Å². The van der Waals surface area contributed by atoms with Crippen LogP contribution in [0.25, 0.3) is 0 Å². The van der Waals surface area contributed by atoms with E-state index < -0.39 is 12.1 Å². The molecule has 1 amide bonds. The summed E-state index contributed by atoms with van der Waals surface area (Å²) in [7, 11) is 0. The number of halogens is 3. The number of anilines is 1. The van der Waals surface area contributed by atoms with Crippen LogP contribution in [0, 0.1) is 5.92 Å². The van der Waals surface area contributed by atoms with Crippen molar-refractivity contribution in [2.24, 2.45) is 5.92 Å². The number of piperidine rings is 1. The Morgan fingerprint density at radius 2 is 1.84 bits per heavy atom. The molecule has 0 aliphatic carbocycles. The van der Waals surface area contributed by atoms with E-state index in [1.165, 1.54) is 12.4 Å². The van der Waals surface area contributed by atoms with Crippen LogP contribution in [0.5, 0.6) is 0 Å². The van der Waals surface area contributed by atoms with Gasteiger partial charge in [0.15, 0.2) is 0 Å². The van der Waals surface area contributed by atoms with Crippen molar-refractivity contribution in [1.29, 1.82) is 0 Å². The third-order valence-electron chi connectivity index (χ3n) is 4.95. The fraction of sp³-hybridized carbons (Fsp3) is 0.474. The van der Waals surface area contributed by atoms with Crippen LogP contribution in [0.1, 0.15) is 23.3 Å². The molecule has 2 saturated heterocycles. The van der Waals surface area contributed by atoms with Crippen molar-refractivity contribution in [3.63, 3.8) is 0 Å². The quantitative estimate of drug-likeness (QED) is 0.705. The van der Waals surface area contributed by atoms with Gasteiger partial charge in [0.25, 0.3) is 5.91 Å². The number of aromatic nitrogens is 4. The summed E-state index contributed by atoms with van der Waals surface area (Å²) >= 11 is 0. The third kappa shape index (κ3) is 6.09. The molecule has 172 valence electrons. The summed E-state index contributed by atoms with van der Waals surface area (Å²) in [6.07, 6.45) is 5.04. The van der Waals surface area contributed by atoms with Gasteiger partial charge in [-0.25, -0.2) is 19.7 Å². The van der Waals surface area contributed by atoms with E-state index in [0.717, 1.165) is 26.0 Å². The Labute approximate surface area is 180 Å². The van der Waals surface area contributed by atoms with Crippen molar-refractivity contribution in [2.45, 2.75) is 31.2 Å². The van der Waals surface area contributed by atoms with Gasteiger partial charge in [0, 0.05) is 50.4 Å². The lowest BCUT2D eigenvalue weighted by Crippen LogP contribution is -2.61. The molecule has 0 saturated carbocycles. The zero-order chi connectivity index (χ0) is 23.1. The van der Waals surface area contributed by atoms with Crippen molar-refractivity contribution < 1.29 is 32.6 Å². The number of rotatable bonds is 3. The molecule has 2 aliphatic heterocycles. The number of amides is 1. The molecule has 10 nitrogen and oxygen atoms in total. The number of nitrogens with zero attached hydrogens (tertiary/aromatic N) is 5. The minimum atomic E-state index is -5.08. The fourth-order valence-corrected chi connectivity index (χ4v) is 3.61. The van der Waals surface area contributed by atoms with Gasteiger partial charge in [0.05, 0.1) is 18.3 Å². The van der Waals surface area contributed by atoms with Crippen molar-refractivity contribution in [2.75, 3.05) is 24.6 Å². The number of carboxylic acid groups (broad SMARTS) is 1. The molecule has 2 fully saturated rings. The van der Waals surface area contributed by atoms with E-state index in [1.54, 1.807) is 24.7 Å². The normalized spacial score (nSPS) is 22.7. The van der Waals surface area contributed by atoms with Crippen LogP contribution in [-0.2, 0) is 9.53 Å². The molecule has 4 heterocycles. The van der Waals surface area contributed by atoms with Gasteiger partial charge in [-0.15, -0.1) is 0 Å². The number of nitrogens with one attached hydrogen (secondary N) is 1. The maximum absolute atomic E-state index is 12.5. The van der Waals surface area contributed by atoms with Crippen molar-refractivity contribution >= 4 is 17.8 Å². The molecular weight excluding hydrogens is 433 g/mol. The standard InChI is InChI=1S/C17H20N6O2.C2HF3O2/c24-16(13-9-18-6-7-19-13)22-14-11-23(17-20-4-2-5-21-17)10-12-3-1-8-25-15(12)14;3-2(4,5)1(6)7/h2,4-7,9,12,14-15H,1,3,8,10-11H2,(H,22,24);(H,6,7)/t12-,14+,15-;/m0./s1. The van der Waals surface area contributed by atoms with Gasteiger partial charge >= 0.3 is 12.1 Å². The number of carboxylic acids is 1. The summed E-state index contributed by atoms with van der Waals surface area (Å²) in [5, 5.41) is 10.2. The summed E-state index contributed by atoms with van der Waals surface area (Å²) in [5.41, 5.74) is 0.308. The molecule has 32 heavy (non-hydrogen) atoms. The first kappa shape index (κ1) is 23.3. The van der Waals surface area contributed by atoms with Gasteiger partial charge in [-0.05, 0) is 18.9 Å². The van der Waals surface area contributed by atoms with Crippen LogP contribution < -0.4 is 10.2 Å². The second-order valence-corrected chi connectivity index (χ2v) is 7.17. The summed E-state index contributed by atoms with van der Waals surface area (Å²) in [6, 6.07) is 1.66. The van der Waals surface area contributed by atoms with E-state index >= 15 is 0 Å². The molecule has 2 aliphatic rings.